The van der Waals surface area contributed by atoms with E-state index in [0.29, 0.717) is 17.2 Å². The van der Waals surface area contributed by atoms with E-state index in [1.54, 1.807) is 30.3 Å². The molecule has 0 aliphatic rings. The van der Waals surface area contributed by atoms with Gasteiger partial charge in [0.2, 0.25) is 0 Å². The second-order valence-corrected chi connectivity index (χ2v) is 4.28. The summed E-state index contributed by atoms with van der Waals surface area (Å²) in [6, 6.07) is 11.0. The van der Waals surface area contributed by atoms with Gasteiger partial charge in [-0.1, -0.05) is 36.4 Å². The Morgan fingerprint density at radius 1 is 1.00 bits per heavy atom. The second kappa shape index (κ2) is 5.51. The molecule has 0 atom stereocenters. The zero-order valence-electron chi connectivity index (χ0n) is 10.5. The molecule has 0 bridgehead atoms. The van der Waals surface area contributed by atoms with E-state index in [9.17, 15) is 27.7 Å². The molecule has 110 valence electrons. The van der Waals surface area contributed by atoms with Gasteiger partial charge >= 0.3 is 12.3 Å². The highest BCUT2D eigenvalue weighted by Gasteiger charge is 2.47. The molecule has 21 heavy (non-hydrogen) atoms. The Morgan fingerprint density at radius 3 is 2.14 bits per heavy atom. The van der Waals surface area contributed by atoms with Crippen molar-refractivity contribution in [2.75, 3.05) is 0 Å². The molecule has 0 radical (unpaired) electrons. The van der Waals surface area contributed by atoms with Crippen molar-refractivity contribution >= 4 is 5.69 Å². The predicted molar refractivity (Wildman–Crippen MR) is 68.4 cm³/mol. The van der Waals surface area contributed by atoms with E-state index in [1.807, 2.05) is 0 Å². The van der Waals surface area contributed by atoms with E-state index in [0.717, 1.165) is 12.1 Å². The largest absolute Gasteiger partial charge is 0.339 e. The van der Waals surface area contributed by atoms with Gasteiger partial charge in [0.05, 0.1) is 4.92 Å². The van der Waals surface area contributed by atoms with E-state index in [2.05, 4.69) is 0 Å². The molecule has 7 heteroatoms. The third-order valence-electron chi connectivity index (χ3n) is 2.93. The molecule has 0 aliphatic heterocycles. The van der Waals surface area contributed by atoms with Gasteiger partial charge in [0.25, 0.3) is 5.69 Å². The van der Waals surface area contributed by atoms with Crippen molar-refractivity contribution in [2.45, 2.75) is 12.3 Å². The van der Waals surface area contributed by atoms with Crippen LogP contribution >= 0.6 is 0 Å². The SMILES string of the molecule is O=[N+]([O-])c1cc(-c2ccccc2)ccc1C(F)(F)C(F)F. The lowest BCUT2D eigenvalue weighted by Gasteiger charge is -2.16. The molecule has 2 aromatic carbocycles. The molecule has 2 rings (SSSR count). The van der Waals surface area contributed by atoms with Crippen LogP contribution in [-0.2, 0) is 5.92 Å². The van der Waals surface area contributed by atoms with Crippen LogP contribution in [0.3, 0.4) is 0 Å². The van der Waals surface area contributed by atoms with Crippen molar-refractivity contribution in [3.05, 3.63) is 64.2 Å². The average Bonchev–Trinajstić information content (AvgIpc) is 2.47. The summed E-state index contributed by atoms with van der Waals surface area (Å²) in [6.45, 7) is 0. The number of nitro benzene ring substituents is 1. The fourth-order valence-electron chi connectivity index (χ4n) is 1.89. The molecule has 0 heterocycles. The summed E-state index contributed by atoms with van der Waals surface area (Å²) in [5, 5.41) is 10.9. The van der Waals surface area contributed by atoms with E-state index in [-0.39, 0.29) is 0 Å². The van der Waals surface area contributed by atoms with Crippen LogP contribution in [0.15, 0.2) is 48.5 Å². The third-order valence-corrected chi connectivity index (χ3v) is 2.93. The van der Waals surface area contributed by atoms with Crippen LogP contribution in [0.1, 0.15) is 5.56 Å². The normalized spacial score (nSPS) is 11.7. The summed E-state index contributed by atoms with van der Waals surface area (Å²) in [5.74, 6) is -4.57. The average molecular weight is 299 g/mol. The maximum absolute atomic E-state index is 13.4. The topological polar surface area (TPSA) is 43.1 Å². The molecule has 0 unspecified atom stereocenters. The minimum absolute atomic E-state index is 0.302. The minimum Gasteiger partial charge on any atom is -0.258 e. The number of nitrogens with zero attached hydrogens (tertiary/aromatic N) is 1. The third kappa shape index (κ3) is 2.86. The van der Waals surface area contributed by atoms with Crippen LogP contribution in [0.4, 0.5) is 23.2 Å². The van der Waals surface area contributed by atoms with Crippen LogP contribution in [0, 0.1) is 10.1 Å². The standard InChI is InChI=1S/C14H9F4NO2/c15-13(16)14(17,18)11-7-6-10(8-12(11)19(20)21)9-4-2-1-3-5-9/h1-8,13H. The number of alkyl halides is 4. The predicted octanol–water partition coefficient (Wildman–Crippen LogP) is 4.62. The Bertz CT molecular complexity index is 659. The Hall–Kier alpha value is -2.44. The van der Waals surface area contributed by atoms with Crippen molar-refractivity contribution < 1.29 is 22.5 Å². The van der Waals surface area contributed by atoms with Gasteiger partial charge in [-0.3, -0.25) is 10.1 Å². The molecule has 0 saturated heterocycles. The van der Waals surface area contributed by atoms with Crippen LogP contribution < -0.4 is 0 Å². The summed E-state index contributed by atoms with van der Waals surface area (Å²) in [7, 11) is 0. The van der Waals surface area contributed by atoms with Gasteiger partial charge in [0, 0.05) is 6.07 Å². The zero-order valence-corrected chi connectivity index (χ0v) is 10.5. The highest BCUT2D eigenvalue weighted by molar-refractivity contribution is 5.67. The molecule has 3 nitrogen and oxygen atoms in total. The van der Waals surface area contributed by atoms with Crippen molar-refractivity contribution in [3.8, 4) is 11.1 Å². The van der Waals surface area contributed by atoms with E-state index in [1.165, 1.54) is 0 Å². The summed E-state index contributed by atoms with van der Waals surface area (Å²) in [4.78, 5) is 9.82. The number of benzene rings is 2. The van der Waals surface area contributed by atoms with Gasteiger partial charge in [0.15, 0.2) is 0 Å². The maximum atomic E-state index is 13.4. The first-order valence-corrected chi connectivity index (χ1v) is 5.84. The number of halogens is 4. The van der Waals surface area contributed by atoms with Gasteiger partial charge in [-0.15, -0.1) is 0 Å². The first-order chi connectivity index (χ1) is 9.84. The van der Waals surface area contributed by atoms with Crippen LogP contribution in [-0.4, -0.2) is 11.3 Å². The molecular weight excluding hydrogens is 290 g/mol. The minimum atomic E-state index is -4.57. The lowest BCUT2D eigenvalue weighted by atomic mass is 9.99. The number of nitro groups is 1. The molecule has 2 aromatic rings. The van der Waals surface area contributed by atoms with Crippen LogP contribution in [0.5, 0.6) is 0 Å². The number of hydrogen-bond donors (Lipinski definition) is 0. The first-order valence-electron chi connectivity index (χ1n) is 5.84. The fourth-order valence-corrected chi connectivity index (χ4v) is 1.89. The van der Waals surface area contributed by atoms with Crippen molar-refractivity contribution in [2.24, 2.45) is 0 Å². The Balaban J connectivity index is 2.59. The Kier molecular flexibility index (Phi) is 3.93. The summed E-state index contributed by atoms with van der Waals surface area (Å²) in [5.41, 5.74) is -1.45. The van der Waals surface area contributed by atoms with Gasteiger partial charge in [-0.2, -0.15) is 8.78 Å². The van der Waals surface area contributed by atoms with E-state index >= 15 is 0 Å². The highest BCUT2D eigenvalue weighted by Crippen LogP contribution is 2.41. The zero-order chi connectivity index (χ0) is 15.6. The molecule has 0 spiro atoms. The van der Waals surface area contributed by atoms with Gasteiger partial charge < -0.3 is 0 Å². The lowest BCUT2D eigenvalue weighted by molar-refractivity contribution is -0.387. The fraction of sp³-hybridized carbons (Fsp3) is 0.143. The Labute approximate surface area is 117 Å². The van der Waals surface area contributed by atoms with Crippen molar-refractivity contribution in [3.63, 3.8) is 0 Å². The van der Waals surface area contributed by atoms with Gasteiger partial charge in [-0.25, -0.2) is 8.78 Å². The highest BCUT2D eigenvalue weighted by atomic mass is 19.3. The van der Waals surface area contributed by atoms with Crippen LogP contribution in [0.2, 0.25) is 0 Å². The molecule has 0 fully saturated rings. The van der Waals surface area contributed by atoms with E-state index < -0.39 is 28.5 Å². The molecule has 0 aromatic heterocycles. The van der Waals surface area contributed by atoms with Crippen LogP contribution in [0.25, 0.3) is 11.1 Å². The molecule has 0 saturated carbocycles. The summed E-state index contributed by atoms with van der Waals surface area (Å²) in [6.07, 6.45) is -4.02. The van der Waals surface area contributed by atoms with Crippen molar-refractivity contribution in [1.29, 1.82) is 0 Å². The molecule has 0 amide bonds. The van der Waals surface area contributed by atoms with E-state index in [4.69, 9.17) is 0 Å². The quantitative estimate of drug-likeness (QED) is 0.469. The molecule has 0 N–H and O–H groups in total. The summed E-state index contributed by atoms with van der Waals surface area (Å²) < 4.78 is 51.5. The van der Waals surface area contributed by atoms with Gasteiger partial charge in [0.1, 0.15) is 5.56 Å². The smallest absolute Gasteiger partial charge is 0.258 e. The Morgan fingerprint density at radius 2 is 1.62 bits per heavy atom. The molecular formula is C14H9F4NO2. The lowest BCUT2D eigenvalue weighted by Crippen LogP contribution is -2.24. The van der Waals surface area contributed by atoms with Gasteiger partial charge in [-0.05, 0) is 17.2 Å². The number of hydrogen-bond acceptors (Lipinski definition) is 2. The maximum Gasteiger partial charge on any atom is 0.339 e. The molecule has 0 aliphatic carbocycles. The second-order valence-electron chi connectivity index (χ2n) is 4.28. The summed E-state index contributed by atoms with van der Waals surface area (Å²) >= 11 is 0. The first kappa shape index (κ1) is 15.0. The number of rotatable bonds is 4. The van der Waals surface area contributed by atoms with Crippen molar-refractivity contribution in [1.82, 2.24) is 0 Å². The monoisotopic (exact) mass is 299 g/mol.